The average Bonchev–Trinajstić information content (AvgIpc) is 2.44. The molecule has 69 valence electrons. The maximum absolute atomic E-state index is 5.26. The zero-order chi connectivity index (χ0) is 7.66. The van der Waals surface area contributed by atoms with Crippen molar-refractivity contribution in [3.63, 3.8) is 0 Å². The van der Waals surface area contributed by atoms with Gasteiger partial charge in [-0.1, -0.05) is 0 Å². The van der Waals surface area contributed by atoms with Crippen LogP contribution in [0.15, 0.2) is 37.9 Å². The minimum Gasteiger partial charge on any atom is -1.00 e. The molecule has 0 atom stereocenters. The van der Waals surface area contributed by atoms with E-state index >= 15 is 0 Å². The maximum atomic E-state index is 5.26. The third-order valence-electron chi connectivity index (χ3n) is 0.716. The molecular formula is C8H9Bi2Cl2Zr. The van der Waals surface area contributed by atoms with Crippen LogP contribution < -0.4 is 24.8 Å². The summed E-state index contributed by atoms with van der Waals surface area (Å²) in [5.41, 5.74) is 0. The summed E-state index contributed by atoms with van der Waals surface area (Å²) in [6.07, 6.45) is 0. The normalized spacial score (nSPS) is 6.54. The fraction of sp³-hybridized carbons (Fsp3) is 0. The Morgan fingerprint density at radius 3 is 1.77 bits per heavy atom. The Bertz CT molecular complexity index is 159. The van der Waals surface area contributed by atoms with Gasteiger partial charge in [-0.3, -0.25) is 0 Å². The van der Waals surface area contributed by atoms with E-state index in [1.165, 1.54) is 24.7 Å². The molecule has 0 aromatic heterocycles. The van der Waals surface area contributed by atoms with Gasteiger partial charge in [0.15, 0.2) is 0 Å². The van der Waals surface area contributed by atoms with Gasteiger partial charge in [0.05, 0.1) is 0 Å². The molecule has 0 aliphatic carbocycles. The van der Waals surface area contributed by atoms with Gasteiger partial charge in [-0.2, -0.15) is 18.2 Å². The summed E-state index contributed by atoms with van der Waals surface area (Å²) in [7, 11) is 0. The maximum Gasteiger partial charge on any atom is 4.00 e. The van der Waals surface area contributed by atoms with Gasteiger partial charge in [0.2, 0.25) is 0 Å². The molecule has 0 unspecified atom stereocenters. The topological polar surface area (TPSA) is 0 Å². The quantitative estimate of drug-likeness (QED) is 0.205. The molecule has 1 radical (unpaired) electrons. The van der Waals surface area contributed by atoms with Crippen molar-refractivity contribution in [2.24, 2.45) is 0 Å². The van der Waals surface area contributed by atoms with Crippen molar-refractivity contribution in [1.29, 1.82) is 0 Å². The van der Waals surface area contributed by atoms with Crippen molar-refractivity contribution in [3.8, 4) is 0 Å². The predicted octanol–water partition coefficient (Wildman–Crippen LogP) is -5.22. The first-order valence-corrected chi connectivity index (χ1v) is 9.06. The van der Waals surface area contributed by atoms with Crippen LogP contribution in [0.1, 0.15) is 0 Å². The van der Waals surface area contributed by atoms with Gasteiger partial charge < -0.3 is 24.8 Å². The van der Waals surface area contributed by atoms with Gasteiger partial charge in [0.25, 0.3) is 0 Å². The first kappa shape index (κ1) is 24.4. The number of hydrogen-bond donors (Lipinski definition) is 0. The Labute approximate surface area is 138 Å². The van der Waals surface area contributed by atoms with Crippen molar-refractivity contribution in [1.82, 2.24) is 0 Å². The molecule has 0 amide bonds. The van der Waals surface area contributed by atoms with E-state index in [-0.39, 0.29) is 51.0 Å². The van der Waals surface area contributed by atoms with E-state index in [0.29, 0.717) is 0 Å². The molecule has 0 saturated carbocycles. The van der Waals surface area contributed by atoms with Gasteiger partial charge >= 0.3 is 85.5 Å². The number of halogens is 2. The summed E-state index contributed by atoms with van der Waals surface area (Å²) in [5, 5.41) is 0. The van der Waals surface area contributed by atoms with Crippen LogP contribution in [0.2, 0.25) is 0 Å². The van der Waals surface area contributed by atoms with Crippen molar-refractivity contribution < 1.29 is 51.0 Å². The zero-order valence-corrected chi connectivity index (χ0v) is 18.2. The number of hydrogen-bond acceptors (Lipinski definition) is 0. The molecular weight excluding hydrogens is 676 g/mol. The minimum absolute atomic E-state index is 0. The molecule has 13 heavy (non-hydrogen) atoms. The second kappa shape index (κ2) is 23.8. The molecule has 1 aromatic carbocycles. The standard InChI is InChI=1S/C5H5.C2H2.CH.2Bi.2ClH.Zr.H/c1-2-4-5-3-1;1-2;;;;;;;/h1-5H;1-2H;1H;;;2*1H;;/q-1;;-1;;;;;+4;/p-2. The van der Waals surface area contributed by atoms with Crippen LogP contribution in [0.4, 0.5) is 0 Å². The van der Waals surface area contributed by atoms with Crippen LogP contribution in [-0.4, -0.2) is 51.7 Å². The van der Waals surface area contributed by atoms with Gasteiger partial charge in [-0.05, 0) is 0 Å². The monoisotopic (exact) mass is 683 g/mol. The summed E-state index contributed by atoms with van der Waals surface area (Å²) < 4.78 is 9.55. The molecule has 1 rings (SSSR count). The van der Waals surface area contributed by atoms with E-state index in [9.17, 15) is 0 Å². The molecule has 0 bridgehead atoms. The molecule has 0 aliphatic heterocycles. The third kappa shape index (κ3) is 25.0. The van der Waals surface area contributed by atoms with E-state index in [1.807, 2.05) is 30.3 Å². The summed E-state index contributed by atoms with van der Waals surface area (Å²) in [6, 6.07) is 10.0. The van der Waals surface area contributed by atoms with Crippen molar-refractivity contribution in [2.45, 2.75) is 0 Å². The molecule has 0 heterocycles. The second-order valence-electron chi connectivity index (χ2n) is 1.43. The van der Waals surface area contributed by atoms with Gasteiger partial charge in [0.1, 0.15) is 0 Å². The first-order chi connectivity index (χ1) is 4.91. The summed E-state index contributed by atoms with van der Waals surface area (Å²) in [4.78, 5) is 0. The van der Waals surface area contributed by atoms with E-state index < -0.39 is 22.8 Å². The van der Waals surface area contributed by atoms with Crippen molar-refractivity contribution in [3.05, 3.63) is 37.9 Å². The second-order valence-corrected chi connectivity index (χ2v) is 5.04. The van der Waals surface area contributed by atoms with Crippen molar-refractivity contribution >= 4 is 51.7 Å². The summed E-state index contributed by atoms with van der Waals surface area (Å²) in [6.45, 7) is 0. The summed E-state index contributed by atoms with van der Waals surface area (Å²) in [5.74, 6) is 0. The summed E-state index contributed by atoms with van der Waals surface area (Å²) >= 11 is 0.672. The average molecular weight is 685 g/mol. The molecule has 0 saturated heterocycles. The Hall–Kier alpha value is 2.19. The molecule has 0 fully saturated rings. The Morgan fingerprint density at radius 1 is 1.23 bits per heavy atom. The molecule has 0 spiro atoms. The zero-order valence-electron chi connectivity index (χ0n) is 6.82. The van der Waals surface area contributed by atoms with Gasteiger partial charge in [-0.15, -0.1) is 0 Å². The smallest absolute Gasteiger partial charge is 1.00 e. The number of rotatable bonds is 1. The third-order valence-corrected chi connectivity index (χ3v) is 7.05. The Morgan fingerprint density at radius 2 is 1.69 bits per heavy atom. The predicted molar refractivity (Wildman–Crippen MR) is 50.1 cm³/mol. The molecule has 5 heteroatoms. The molecule has 0 aliphatic rings. The van der Waals surface area contributed by atoms with Crippen LogP contribution >= 0.6 is 0 Å². The van der Waals surface area contributed by atoms with E-state index in [2.05, 4.69) is 7.57 Å². The van der Waals surface area contributed by atoms with E-state index in [4.69, 9.17) is 4.21 Å². The van der Waals surface area contributed by atoms with Crippen LogP contribution in [0, 0.1) is 0 Å². The van der Waals surface area contributed by atoms with Crippen LogP contribution in [-0.2, 0) is 26.2 Å². The van der Waals surface area contributed by atoms with Crippen LogP contribution in [0.25, 0.3) is 0 Å². The first-order valence-electron chi connectivity index (χ1n) is 2.81. The van der Waals surface area contributed by atoms with Gasteiger partial charge in [-0.25, -0.2) is 12.1 Å². The van der Waals surface area contributed by atoms with Crippen molar-refractivity contribution in [2.75, 3.05) is 0 Å². The molecule has 0 N–H and O–H groups in total. The van der Waals surface area contributed by atoms with Crippen LogP contribution in [0.3, 0.4) is 0 Å². The fourth-order valence-corrected chi connectivity index (χ4v) is 3.63. The minimum atomic E-state index is -0.511. The largest absolute Gasteiger partial charge is 4.00 e. The molecule has 0 nitrogen and oxygen atoms in total. The Balaban J connectivity index is -0.0000000506. The van der Waals surface area contributed by atoms with E-state index in [1.54, 1.807) is 0 Å². The molecule has 1 aromatic rings. The SMILES string of the molecule is [CH-]=[Bi][CH]=[CH][BiH].[Cl-].[Cl-].[Zr+4].c1cc[cH-]c1. The fourth-order valence-electron chi connectivity index (χ4n) is 0.364. The van der Waals surface area contributed by atoms with Crippen LogP contribution in [0.5, 0.6) is 0 Å². The Kier molecular flexibility index (Phi) is 44.7. The van der Waals surface area contributed by atoms with Gasteiger partial charge in [0, 0.05) is 0 Å². The van der Waals surface area contributed by atoms with E-state index in [0.717, 1.165) is 0 Å².